The monoisotopic (exact) mass is 328 g/mol. The average Bonchev–Trinajstić information content (AvgIpc) is 2.53. The first-order valence-corrected chi connectivity index (χ1v) is 7.04. The second-order valence-electron chi connectivity index (χ2n) is 5.21. The molecule has 0 N–H and O–H groups in total. The number of rotatable bonds is 2. The summed E-state index contributed by atoms with van der Waals surface area (Å²) in [6.45, 7) is 1.42. The number of fused-ring (bicyclic) bond motifs is 1. The molecule has 0 radical (unpaired) electrons. The third-order valence-corrected chi connectivity index (χ3v) is 3.47. The molecule has 3 nitrogen and oxygen atoms in total. The third-order valence-electron chi connectivity index (χ3n) is 3.47. The Morgan fingerprint density at radius 3 is 2.42 bits per heavy atom. The van der Waals surface area contributed by atoms with Crippen LogP contribution in [0.5, 0.6) is 11.6 Å². The lowest BCUT2D eigenvalue weighted by molar-refractivity contribution is -0.138. The quantitative estimate of drug-likeness (QED) is 0.647. The number of halogens is 3. The van der Waals surface area contributed by atoms with Gasteiger partial charge in [-0.3, -0.25) is 0 Å². The Morgan fingerprint density at radius 1 is 1.04 bits per heavy atom. The Morgan fingerprint density at radius 2 is 1.75 bits per heavy atom. The van der Waals surface area contributed by atoms with Crippen molar-refractivity contribution < 1.29 is 17.9 Å². The number of nitrogens with zero attached hydrogens (tertiary/aromatic N) is 2. The molecule has 120 valence electrons. The maximum atomic E-state index is 13.1. The summed E-state index contributed by atoms with van der Waals surface area (Å²) in [6.07, 6.45) is -4.65. The summed E-state index contributed by atoms with van der Waals surface area (Å²) in [5.41, 5.74) is -1.55. The maximum absolute atomic E-state index is 13.1. The van der Waals surface area contributed by atoms with E-state index in [1.807, 2.05) is 24.3 Å². The molecule has 0 spiro atoms. The van der Waals surface area contributed by atoms with Crippen molar-refractivity contribution in [3.63, 3.8) is 0 Å². The number of benzene rings is 2. The van der Waals surface area contributed by atoms with Gasteiger partial charge in [-0.25, -0.2) is 4.98 Å². The van der Waals surface area contributed by atoms with E-state index in [-0.39, 0.29) is 11.6 Å². The predicted molar refractivity (Wildman–Crippen MR) is 82.7 cm³/mol. The van der Waals surface area contributed by atoms with Gasteiger partial charge in [-0.2, -0.15) is 18.4 Å². The molecule has 0 aliphatic rings. The van der Waals surface area contributed by atoms with Crippen LogP contribution in [0.2, 0.25) is 0 Å². The van der Waals surface area contributed by atoms with Gasteiger partial charge in [0.25, 0.3) is 0 Å². The van der Waals surface area contributed by atoms with Crippen LogP contribution in [-0.2, 0) is 6.18 Å². The van der Waals surface area contributed by atoms with Crippen molar-refractivity contribution in [3.8, 4) is 17.7 Å². The first-order chi connectivity index (χ1) is 11.4. The van der Waals surface area contributed by atoms with Crippen molar-refractivity contribution >= 4 is 10.8 Å². The molecular formula is C18H11F3N2O. The fraction of sp³-hybridized carbons (Fsp3) is 0.111. The minimum absolute atomic E-state index is 0.122. The minimum Gasteiger partial charge on any atom is -0.438 e. The molecule has 0 aliphatic heterocycles. The van der Waals surface area contributed by atoms with Crippen LogP contribution >= 0.6 is 0 Å². The summed E-state index contributed by atoms with van der Waals surface area (Å²) in [7, 11) is 0. The lowest BCUT2D eigenvalue weighted by Gasteiger charge is -2.13. The van der Waals surface area contributed by atoms with E-state index in [1.54, 1.807) is 24.3 Å². The number of hydrogen-bond acceptors (Lipinski definition) is 3. The molecule has 1 heterocycles. The van der Waals surface area contributed by atoms with Crippen molar-refractivity contribution in [2.45, 2.75) is 13.1 Å². The van der Waals surface area contributed by atoms with Crippen LogP contribution in [0.3, 0.4) is 0 Å². The van der Waals surface area contributed by atoms with Gasteiger partial charge < -0.3 is 4.74 Å². The molecule has 0 saturated carbocycles. The molecule has 0 atom stereocenters. The maximum Gasteiger partial charge on any atom is 0.417 e. The number of ether oxygens (including phenoxy) is 1. The first kappa shape index (κ1) is 15.8. The van der Waals surface area contributed by atoms with E-state index in [9.17, 15) is 13.2 Å². The van der Waals surface area contributed by atoms with E-state index in [4.69, 9.17) is 10.00 Å². The van der Waals surface area contributed by atoms with Gasteiger partial charge in [-0.1, -0.05) is 30.3 Å². The minimum atomic E-state index is -4.65. The number of aromatic nitrogens is 1. The highest BCUT2D eigenvalue weighted by Gasteiger charge is 2.36. The van der Waals surface area contributed by atoms with Gasteiger partial charge in [0.15, 0.2) is 0 Å². The second kappa shape index (κ2) is 5.85. The lowest BCUT2D eigenvalue weighted by atomic mass is 10.1. The number of pyridine rings is 1. The van der Waals surface area contributed by atoms with Crippen LogP contribution in [0.25, 0.3) is 10.8 Å². The normalized spacial score (nSPS) is 11.3. The summed E-state index contributed by atoms with van der Waals surface area (Å²) in [6, 6.07) is 15.0. The molecule has 2 aromatic carbocycles. The SMILES string of the molecule is Cc1cc(C(F)(F)F)c(C#N)c(Oc2ccc3ccccc3c2)n1. The van der Waals surface area contributed by atoms with Crippen molar-refractivity contribution in [3.05, 3.63) is 65.4 Å². The molecule has 0 aliphatic carbocycles. The highest BCUT2D eigenvalue weighted by molar-refractivity contribution is 5.83. The van der Waals surface area contributed by atoms with E-state index in [0.717, 1.165) is 16.8 Å². The second-order valence-corrected chi connectivity index (χ2v) is 5.21. The predicted octanol–water partition coefficient (Wildman–Crippen LogP) is 5.23. The van der Waals surface area contributed by atoms with Gasteiger partial charge in [-0.15, -0.1) is 0 Å². The zero-order chi connectivity index (χ0) is 17.3. The van der Waals surface area contributed by atoms with E-state index >= 15 is 0 Å². The molecule has 3 rings (SSSR count). The molecule has 0 bridgehead atoms. The summed E-state index contributed by atoms with van der Waals surface area (Å²) in [5.74, 6) is -0.0310. The van der Waals surface area contributed by atoms with Crippen molar-refractivity contribution in [1.82, 2.24) is 4.98 Å². The molecule has 6 heteroatoms. The van der Waals surface area contributed by atoms with Crippen LogP contribution in [0, 0.1) is 18.3 Å². The fourth-order valence-electron chi connectivity index (χ4n) is 2.39. The van der Waals surface area contributed by atoms with Crippen LogP contribution in [-0.4, -0.2) is 4.98 Å². The van der Waals surface area contributed by atoms with Crippen LogP contribution in [0.15, 0.2) is 48.5 Å². The molecule has 0 fully saturated rings. The Labute approximate surface area is 135 Å². The molecule has 0 saturated heterocycles. The van der Waals surface area contributed by atoms with E-state index in [2.05, 4.69) is 4.98 Å². The van der Waals surface area contributed by atoms with Crippen LogP contribution in [0.1, 0.15) is 16.8 Å². The molecule has 1 aromatic heterocycles. The molecule has 0 amide bonds. The van der Waals surface area contributed by atoms with Gasteiger partial charge in [0.2, 0.25) is 5.88 Å². The van der Waals surface area contributed by atoms with Crippen molar-refractivity contribution in [1.29, 1.82) is 5.26 Å². The van der Waals surface area contributed by atoms with Gasteiger partial charge in [0.1, 0.15) is 17.4 Å². The first-order valence-electron chi connectivity index (χ1n) is 7.04. The zero-order valence-corrected chi connectivity index (χ0v) is 12.6. The summed E-state index contributed by atoms with van der Waals surface area (Å²) < 4.78 is 44.8. The molecule has 3 aromatic rings. The van der Waals surface area contributed by atoms with Crippen molar-refractivity contribution in [2.24, 2.45) is 0 Å². The fourth-order valence-corrected chi connectivity index (χ4v) is 2.39. The van der Waals surface area contributed by atoms with E-state index in [1.165, 1.54) is 6.92 Å². The van der Waals surface area contributed by atoms with E-state index in [0.29, 0.717) is 5.75 Å². The van der Waals surface area contributed by atoms with Crippen LogP contribution in [0.4, 0.5) is 13.2 Å². The largest absolute Gasteiger partial charge is 0.438 e. The number of nitriles is 1. The summed E-state index contributed by atoms with van der Waals surface area (Å²) in [5, 5.41) is 11.0. The zero-order valence-electron chi connectivity index (χ0n) is 12.6. The molecule has 0 unspecified atom stereocenters. The van der Waals surface area contributed by atoms with Crippen molar-refractivity contribution in [2.75, 3.05) is 0 Å². The molecular weight excluding hydrogens is 317 g/mol. The number of aryl methyl sites for hydroxylation is 1. The summed E-state index contributed by atoms with van der Waals surface area (Å²) >= 11 is 0. The average molecular weight is 328 g/mol. The Balaban J connectivity index is 2.08. The highest BCUT2D eigenvalue weighted by Crippen LogP contribution is 2.37. The Kier molecular flexibility index (Phi) is 3.86. The Bertz CT molecular complexity index is 959. The number of hydrogen-bond donors (Lipinski definition) is 0. The number of alkyl halides is 3. The Hall–Kier alpha value is -3.07. The summed E-state index contributed by atoms with van der Waals surface area (Å²) in [4.78, 5) is 3.95. The molecule has 24 heavy (non-hydrogen) atoms. The van der Waals surface area contributed by atoms with Gasteiger partial charge in [0, 0.05) is 5.69 Å². The third kappa shape index (κ3) is 3.01. The van der Waals surface area contributed by atoms with Gasteiger partial charge in [-0.05, 0) is 35.9 Å². The standard InChI is InChI=1S/C18H11F3N2O/c1-11-8-16(18(19,20)21)15(10-22)17(23-11)24-14-7-6-12-4-2-3-5-13(12)9-14/h2-9H,1H3. The topological polar surface area (TPSA) is 45.9 Å². The van der Waals surface area contributed by atoms with Gasteiger partial charge >= 0.3 is 6.18 Å². The van der Waals surface area contributed by atoms with Crippen LogP contribution < -0.4 is 4.74 Å². The lowest BCUT2D eigenvalue weighted by Crippen LogP contribution is -2.10. The highest BCUT2D eigenvalue weighted by atomic mass is 19.4. The van der Waals surface area contributed by atoms with Gasteiger partial charge in [0.05, 0.1) is 5.56 Å². The smallest absolute Gasteiger partial charge is 0.417 e. The van der Waals surface area contributed by atoms with E-state index < -0.39 is 17.3 Å².